The van der Waals surface area contributed by atoms with E-state index >= 15 is 0 Å². The van der Waals surface area contributed by atoms with E-state index in [1.165, 1.54) is 5.56 Å². The number of carbonyl (C=O) groups is 1. The van der Waals surface area contributed by atoms with E-state index in [1.54, 1.807) is 18.5 Å². The van der Waals surface area contributed by atoms with E-state index in [-0.39, 0.29) is 5.91 Å². The van der Waals surface area contributed by atoms with E-state index in [9.17, 15) is 4.79 Å². The van der Waals surface area contributed by atoms with Crippen molar-refractivity contribution in [3.8, 4) is 0 Å². The van der Waals surface area contributed by atoms with Gasteiger partial charge in [0.25, 0.3) is 0 Å². The molecule has 0 radical (unpaired) electrons. The first-order valence-corrected chi connectivity index (χ1v) is 8.86. The number of carbonyl (C=O) groups excluding carboxylic acids is 1. The summed E-state index contributed by atoms with van der Waals surface area (Å²) in [4.78, 5) is 24.9. The molecule has 0 spiro atoms. The first-order chi connectivity index (χ1) is 12.3. The number of piperazine rings is 1. The molecule has 1 saturated heterocycles. The van der Waals surface area contributed by atoms with Crippen molar-refractivity contribution in [2.45, 2.75) is 19.4 Å². The van der Waals surface area contributed by atoms with Gasteiger partial charge < -0.3 is 10.2 Å². The third-order valence-corrected chi connectivity index (χ3v) is 4.39. The van der Waals surface area contributed by atoms with Gasteiger partial charge in [-0.1, -0.05) is 30.3 Å². The van der Waals surface area contributed by atoms with Gasteiger partial charge in [-0.05, 0) is 18.1 Å². The van der Waals surface area contributed by atoms with Gasteiger partial charge >= 0.3 is 0 Å². The first kappa shape index (κ1) is 17.4. The van der Waals surface area contributed by atoms with Gasteiger partial charge in [-0.25, -0.2) is 9.97 Å². The zero-order valence-corrected chi connectivity index (χ0v) is 14.5. The normalized spacial score (nSPS) is 15.1. The van der Waals surface area contributed by atoms with Crippen LogP contribution in [0.3, 0.4) is 0 Å². The Morgan fingerprint density at radius 2 is 1.72 bits per heavy atom. The van der Waals surface area contributed by atoms with Crippen molar-refractivity contribution in [1.82, 2.24) is 19.8 Å². The number of rotatable bonds is 7. The number of nitrogens with one attached hydrogen (secondary N) is 1. The summed E-state index contributed by atoms with van der Waals surface area (Å²) < 4.78 is 0. The van der Waals surface area contributed by atoms with Gasteiger partial charge in [0, 0.05) is 58.1 Å². The molecule has 0 saturated carbocycles. The van der Waals surface area contributed by atoms with Crippen LogP contribution in [-0.2, 0) is 11.3 Å². The molecular weight excluding hydrogens is 314 g/mol. The van der Waals surface area contributed by atoms with Crippen LogP contribution in [0.25, 0.3) is 0 Å². The number of benzene rings is 1. The number of anilines is 1. The summed E-state index contributed by atoms with van der Waals surface area (Å²) in [5.41, 5.74) is 1.33. The van der Waals surface area contributed by atoms with Crippen molar-refractivity contribution in [3.05, 3.63) is 54.4 Å². The maximum absolute atomic E-state index is 12.3. The summed E-state index contributed by atoms with van der Waals surface area (Å²) in [5, 5.41) is 3.14. The smallest absolute Gasteiger partial charge is 0.222 e. The van der Waals surface area contributed by atoms with Crippen LogP contribution in [0.4, 0.5) is 5.95 Å². The molecule has 1 aliphatic rings. The Balaban J connectivity index is 1.33. The largest absolute Gasteiger partial charge is 0.354 e. The molecule has 25 heavy (non-hydrogen) atoms. The molecule has 1 aliphatic heterocycles. The second kappa shape index (κ2) is 9.13. The zero-order chi connectivity index (χ0) is 17.3. The van der Waals surface area contributed by atoms with Crippen LogP contribution >= 0.6 is 0 Å². The fraction of sp³-hybridized carbons (Fsp3) is 0.421. The number of hydrogen-bond donors (Lipinski definition) is 1. The highest BCUT2D eigenvalue weighted by Gasteiger charge is 2.20. The zero-order valence-electron chi connectivity index (χ0n) is 14.5. The Morgan fingerprint density at radius 3 is 2.44 bits per heavy atom. The van der Waals surface area contributed by atoms with Crippen molar-refractivity contribution in [2.75, 3.05) is 38.0 Å². The molecule has 1 N–H and O–H groups in total. The van der Waals surface area contributed by atoms with Gasteiger partial charge in [0.05, 0.1) is 0 Å². The Bertz CT molecular complexity index is 641. The monoisotopic (exact) mass is 339 g/mol. The van der Waals surface area contributed by atoms with Crippen molar-refractivity contribution < 1.29 is 4.79 Å². The maximum atomic E-state index is 12.3. The fourth-order valence-corrected chi connectivity index (χ4v) is 2.99. The lowest BCUT2D eigenvalue weighted by atomic mass is 10.2. The standard InChI is InChI=1S/C19H25N5O/c25-18(8-4-9-20-19-21-10-5-11-22-19)24-14-12-23(13-15-24)16-17-6-2-1-3-7-17/h1-3,5-7,10-11H,4,8-9,12-16H2,(H,20,21,22). The lowest BCUT2D eigenvalue weighted by Crippen LogP contribution is -2.48. The minimum absolute atomic E-state index is 0.246. The number of hydrogen-bond acceptors (Lipinski definition) is 5. The molecule has 1 amide bonds. The molecule has 0 atom stereocenters. The summed E-state index contributed by atoms with van der Waals surface area (Å²) in [7, 11) is 0. The molecule has 6 nitrogen and oxygen atoms in total. The van der Waals surface area contributed by atoms with Crippen molar-refractivity contribution in [1.29, 1.82) is 0 Å². The highest BCUT2D eigenvalue weighted by molar-refractivity contribution is 5.76. The molecule has 6 heteroatoms. The summed E-state index contributed by atoms with van der Waals surface area (Å²) >= 11 is 0. The minimum atomic E-state index is 0.246. The molecule has 2 heterocycles. The van der Waals surface area contributed by atoms with E-state index in [0.29, 0.717) is 18.9 Å². The van der Waals surface area contributed by atoms with Gasteiger partial charge in [0.2, 0.25) is 11.9 Å². The van der Waals surface area contributed by atoms with Crippen molar-refractivity contribution >= 4 is 11.9 Å². The number of nitrogens with zero attached hydrogens (tertiary/aromatic N) is 4. The Hall–Kier alpha value is -2.47. The van der Waals surface area contributed by atoms with Crippen LogP contribution < -0.4 is 5.32 Å². The van der Waals surface area contributed by atoms with Gasteiger partial charge in [-0.3, -0.25) is 9.69 Å². The third-order valence-electron chi connectivity index (χ3n) is 4.39. The second-order valence-electron chi connectivity index (χ2n) is 6.25. The number of aromatic nitrogens is 2. The molecule has 1 aromatic heterocycles. The van der Waals surface area contributed by atoms with E-state index in [0.717, 1.165) is 39.1 Å². The molecule has 0 bridgehead atoms. The van der Waals surface area contributed by atoms with Crippen LogP contribution in [0.5, 0.6) is 0 Å². The first-order valence-electron chi connectivity index (χ1n) is 8.86. The molecule has 3 rings (SSSR count). The minimum Gasteiger partial charge on any atom is -0.354 e. The summed E-state index contributed by atoms with van der Waals surface area (Å²) in [6, 6.07) is 12.3. The van der Waals surface area contributed by atoms with Crippen LogP contribution in [0.15, 0.2) is 48.8 Å². The van der Waals surface area contributed by atoms with Gasteiger partial charge in [0.15, 0.2) is 0 Å². The summed E-state index contributed by atoms with van der Waals surface area (Å²) in [5.74, 6) is 0.861. The summed E-state index contributed by atoms with van der Waals surface area (Å²) in [6.07, 6.45) is 4.77. The maximum Gasteiger partial charge on any atom is 0.222 e. The van der Waals surface area contributed by atoms with Crippen LogP contribution in [-0.4, -0.2) is 58.4 Å². The molecule has 0 aliphatic carbocycles. The fourth-order valence-electron chi connectivity index (χ4n) is 2.99. The van der Waals surface area contributed by atoms with E-state index in [2.05, 4.69) is 44.5 Å². The van der Waals surface area contributed by atoms with Crippen molar-refractivity contribution in [2.24, 2.45) is 0 Å². The Kier molecular flexibility index (Phi) is 6.34. The van der Waals surface area contributed by atoms with Gasteiger partial charge in [-0.15, -0.1) is 0 Å². The predicted octanol–water partition coefficient (Wildman–Crippen LogP) is 2.01. The lowest BCUT2D eigenvalue weighted by Gasteiger charge is -2.34. The average molecular weight is 339 g/mol. The van der Waals surface area contributed by atoms with Gasteiger partial charge in [0.1, 0.15) is 0 Å². The van der Waals surface area contributed by atoms with E-state index < -0.39 is 0 Å². The number of amides is 1. The highest BCUT2D eigenvalue weighted by Crippen LogP contribution is 2.10. The molecule has 1 aromatic carbocycles. The van der Waals surface area contributed by atoms with Crippen LogP contribution in [0, 0.1) is 0 Å². The van der Waals surface area contributed by atoms with E-state index in [4.69, 9.17) is 0 Å². The SMILES string of the molecule is O=C(CCCNc1ncccn1)N1CCN(Cc2ccccc2)CC1. The second-order valence-corrected chi connectivity index (χ2v) is 6.25. The summed E-state index contributed by atoms with van der Waals surface area (Å²) in [6.45, 7) is 5.20. The highest BCUT2D eigenvalue weighted by atomic mass is 16.2. The predicted molar refractivity (Wildman–Crippen MR) is 98.1 cm³/mol. The molecule has 1 fully saturated rings. The average Bonchev–Trinajstić information content (AvgIpc) is 2.67. The Labute approximate surface area is 148 Å². The molecule has 0 unspecified atom stereocenters. The molecule has 132 valence electrons. The van der Waals surface area contributed by atoms with Crippen LogP contribution in [0.1, 0.15) is 18.4 Å². The van der Waals surface area contributed by atoms with Crippen molar-refractivity contribution in [3.63, 3.8) is 0 Å². The topological polar surface area (TPSA) is 61.4 Å². The quantitative estimate of drug-likeness (QED) is 0.782. The van der Waals surface area contributed by atoms with Crippen LogP contribution in [0.2, 0.25) is 0 Å². The lowest BCUT2D eigenvalue weighted by molar-refractivity contribution is -0.133. The van der Waals surface area contributed by atoms with Gasteiger partial charge in [-0.2, -0.15) is 0 Å². The Morgan fingerprint density at radius 1 is 1.00 bits per heavy atom. The van der Waals surface area contributed by atoms with E-state index in [1.807, 2.05) is 11.0 Å². The molecule has 2 aromatic rings. The molecular formula is C19H25N5O. The third kappa shape index (κ3) is 5.53.